The highest BCUT2D eigenvalue weighted by molar-refractivity contribution is 9.10. The molecule has 2 N–H and O–H groups in total. The van der Waals surface area contributed by atoms with E-state index in [0.29, 0.717) is 51.7 Å². The molecule has 0 fully saturated rings. The predicted octanol–water partition coefficient (Wildman–Crippen LogP) is 7.98. The average Bonchev–Trinajstić information content (AvgIpc) is 3.42. The summed E-state index contributed by atoms with van der Waals surface area (Å²) in [6.45, 7) is 2.28. The number of benzene rings is 4. The Morgan fingerprint density at radius 2 is 1.79 bits per heavy atom. The molecule has 43 heavy (non-hydrogen) atoms. The van der Waals surface area contributed by atoms with Gasteiger partial charge in [0, 0.05) is 21.6 Å². The van der Waals surface area contributed by atoms with Gasteiger partial charge in [-0.15, -0.1) is 5.10 Å². The second-order valence-electron chi connectivity index (χ2n) is 9.92. The molecule has 0 saturated carbocycles. The molecule has 0 aliphatic carbocycles. The quantitative estimate of drug-likeness (QED) is 0.157. The number of amides is 1. The number of nitrogens with one attached hydrogen (secondary N) is 2. The maximum Gasteiger partial charge on any atom is 0.255 e. The number of halogens is 2. The van der Waals surface area contributed by atoms with Gasteiger partial charge in [-0.05, 0) is 66.1 Å². The van der Waals surface area contributed by atoms with Gasteiger partial charge in [0.15, 0.2) is 0 Å². The molecule has 4 aromatic carbocycles. The van der Waals surface area contributed by atoms with E-state index in [2.05, 4.69) is 31.5 Å². The number of carbonyl (C=O) groups excluding carboxylic acids is 1. The van der Waals surface area contributed by atoms with Crippen LogP contribution in [-0.2, 0) is 17.2 Å². The van der Waals surface area contributed by atoms with Crippen molar-refractivity contribution in [2.45, 2.75) is 30.5 Å². The second-order valence-corrected chi connectivity index (χ2v) is 11.8. The molecule has 10 heteroatoms. The fraction of sp³-hybridized carbons (Fsp3) is 0.121. The van der Waals surface area contributed by atoms with Crippen LogP contribution in [-0.4, -0.2) is 20.7 Å². The van der Waals surface area contributed by atoms with Crippen LogP contribution in [0.1, 0.15) is 29.7 Å². The molecule has 1 atom stereocenters. The number of aromatic nitrogens is 3. The first kappa shape index (κ1) is 28.7. The average molecular weight is 657 g/mol. The summed E-state index contributed by atoms with van der Waals surface area (Å²) in [6.07, 6.45) is 0. The molecule has 7 nitrogen and oxygen atoms in total. The Labute approximate surface area is 261 Å². The lowest BCUT2D eigenvalue weighted by molar-refractivity contribution is -0.113. The van der Waals surface area contributed by atoms with Gasteiger partial charge in [-0.1, -0.05) is 88.4 Å². The molecule has 0 spiro atoms. The monoisotopic (exact) mass is 655 g/mol. The molecular formula is C33H27BrFN5O2S. The Balaban J connectivity index is 1.29. The lowest BCUT2D eigenvalue weighted by Gasteiger charge is -2.28. The number of anilines is 2. The summed E-state index contributed by atoms with van der Waals surface area (Å²) in [4.78, 5) is 18.4. The van der Waals surface area contributed by atoms with E-state index in [1.54, 1.807) is 22.9 Å². The lowest BCUT2D eigenvalue weighted by atomic mass is 9.95. The Morgan fingerprint density at radius 3 is 2.56 bits per heavy atom. The summed E-state index contributed by atoms with van der Waals surface area (Å²) in [6, 6.07) is 31.0. The van der Waals surface area contributed by atoms with Crippen molar-refractivity contribution in [3.63, 3.8) is 0 Å². The van der Waals surface area contributed by atoms with Gasteiger partial charge in [0.1, 0.15) is 24.2 Å². The highest BCUT2D eigenvalue weighted by atomic mass is 79.9. The Kier molecular flexibility index (Phi) is 8.57. The van der Waals surface area contributed by atoms with Crippen molar-refractivity contribution in [2.24, 2.45) is 0 Å². The molecular weight excluding hydrogens is 629 g/mol. The van der Waals surface area contributed by atoms with Crippen LogP contribution in [0.4, 0.5) is 16.0 Å². The van der Waals surface area contributed by atoms with Gasteiger partial charge < -0.3 is 15.4 Å². The zero-order chi connectivity index (χ0) is 29.8. The molecule has 1 aliphatic heterocycles. The fourth-order valence-electron chi connectivity index (χ4n) is 4.81. The third-order valence-corrected chi connectivity index (χ3v) is 8.29. The molecule has 0 radical (unpaired) electrons. The summed E-state index contributed by atoms with van der Waals surface area (Å²) < 4.78 is 23.0. The third-order valence-electron chi connectivity index (χ3n) is 6.91. The molecule has 6 rings (SSSR count). The number of hydrogen-bond donors (Lipinski definition) is 2. The van der Waals surface area contributed by atoms with Crippen LogP contribution >= 0.6 is 27.7 Å². The van der Waals surface area contributed by atoms with Crippen molar-refractivity contribution >= 4 is 45.2 Å². The van der Waals surface area contributed by atoms with Gasteiger partial charge in [-0.3, -0.25) is 4.79 Å². The normalized spacial score (nSPS) is 14.2. The minimum absolute atomic E-state index is 0.252. The number of allylic oxidation sites excluding steroid dienone is 1. The van der Waals surface area contributed by atoms with Gasteiger partial charge in [0.05, 0.1) is 5.57 Å². The first-order valence-corrected chi connectivity index (χ1v) is 15.4. The van der Waals surface area contributed by atoms with E-state index in [4.69, 9.17) is 9.84 Å². The highest BCUT2D eigenvalue weighted by Crippen LogP contribution is 2.37. The second kappa shape index (κ2) is 12.8. The molecule has 1 aromatic heterocycles. The van der Waals surface area contributed by atoms with E-state index >= 15 is 0 Å². The van der Waals surface area contributed by atoms with Crippen molar-refractivity contribution < 1.29 is 13.9 Å². The predicted molar refractivity (Wildman–Crippen MR) is 170 cm³/mol. The number of fused-ring (bicyclic) bond motifs is 1. The van der Waals surface area contributed by atoms with Crippen LogP contribution in [0.2, 0.25) is 0 Å². The number of thioether (sulfide) groups is 1. The molecule has 0 bridgehead atoms. The minimum atomic E-state index is -0.561. The Morgan fingerprint density at radius 1 is 1.02 bits per heavy atom. The molecule has 2 heterocycles. The summed E-state index contributed by atoms with van der Waals surface area (Å²) in [5.74, 6) is 1.06. The standard InChI is InChI=1S/C33H27BrFN5O2S/c1-21-29(31(41)37-26-11-3-2-4-12-26)30(23-14-16-27(17-15-23)42-19-22-8-7-10-25(34)18-22)40-32(36-21)38-33(39-40)43-20-24-9-5-6-13-28(24)35/h2-18,30H,19-20H2,1H3,(H,37,41)(H,36,38,39). The van der Waals surface area contributed by atoms with E-state index in [0.717, 1.165) is 15.6 Å². The number of rotatable bonds is 9. The van der Waals surface area contributed by atoms with E-state index < -0.39 is 6.04 Å². The molecule has 1 amide bonds. The highest BCUT2D eigenvalue weighted by Gasteiger charge is 2.34. The Hall–Kier alpha value is -4.41. The van der Waals surface area contributed by atoms with Gasteiger partial charge in [0.2, 0.25) is 11.1 Å². The van der Waals surface area contributed by atoms with E-state index in [1.165, 1.54) is 17.8 Å². The third kappa shape index (κ3) is 6.65. The van der Waals surface area contributed by atoms with Crippen molar-refractivity contribution in [1.82, 2.24) is 14.8 Å². The lowest BCUT2D eigenvalue weighted by Crippen LogP contribution is -2.31. The van der Waals surface area contributed by atoms with Crippen LogP contribution in [0.25, 0.3) is 0 Å². The van der Waals surface area contributed by atoms with Gasteiger partial charge in [-0.2, -0.15) is 4.98 Å². The van der Waals surface area contributed by atoms with Crippen LogP contribution < -0.4 is 15.4 Å². The number of ether oxygens (including phenoxy) is 1. The van der Waals surface area contributed by atoms with Crippen molar-refractivity contribution in [3.05, 3.63) is 141 Å². The van der Waals surface area contributed by atoms with Gasteiger partial charge >= 0.3 is 0 Å². The van der Waals surface area contributed by atoms with Crippen molar-refractivity contribution in [2.75, 3.05) is 10.6 Å². The molecule has 1 aliphatic rings. The topological polar surface area (TPSA) is 81.1 Å². The van der Waals surface area contributed by atoms with Gasteiger partial charge in [-0.25, -0.2) is 9.07 Å². The summed E-state index contributed by atoms with van der Waals surface area (Å²) in [5, 5.41) is 11.5. The maximum absolute atomic E-state index is 14.2. The molecule has 5 aromatic rings. The number of para-hydroxylation sites is 1. The molecule has 1 unspecified atom stereocenters. The summed E-state index contributed by atoms with van der Waals surface area (Å²) >= 11 is 4.83. The van der Waals surface area contributed by atoms with Crippen LogP contribution in [0.3, 0.4) is 0 Å². The molecule has 216 valence electrons. The fourth-order valence-corrected chi connectivity index (χ4v) is 6.07. The first-order valence-electron chi connectivity index (χ1n) is 13.6. The minimum Gasteiger partial charge on any atom is -0.489 e. The maximum atomic E-state index is 14.2. The largest absolute Gasteiger partial charge is 0.489 e. The van der Waals surface area contributed by atoms with E-state index in [1.807, 2.05) is 85.8 Å². The first-order chi connectivity index (χ1) is 20.9. The zero-order valence-corrected chi connectivity index (χ0v) is 25.5. The van der Waals surface area contributed by atoms with E-state index in [-0.39, 0.29) is 11.7 Å². The smallest absolute Gasteiger partial charge is 0.255 e. The van der Waals surface area contributed by atoms with E-state index in [9.17, 15) is 9.18 Å². The van der Waals surface area contributed by atoms with Gasteiger partial charge in [0.25, 0.3) is 5.91 Å². The van der Waals surface area contributed by atoms with Crippen LogP contribution in [0, 0.1) is 5.82 Å². The van der Waals surface area contributed by atoms with Crippen molar-refractivity contribution in [1.29, 1.82) is 0 Å². The summed E-state index contributed by atoms with van der Waals surface area (Å²) in [5.41, 5.74) is 4.32. The number of carbonyl (C=O) groups is 1. The number of nitrogens with zero attached hydrogens (tertiary/aromatic N) is 3. The van der Waals surface area contributed by atoms with Crippen molar-refractivity contribution in [3.8, 4) is 5.75 Å². The zero-order valence-electron chi connectivity index (χ0n) is 23.1. The SMILES string of the molecule is CC1=C(C(=O)Nc2ccccc2)C(c2ccc(OCc3cccc(Br)c3)cc2)n2nc(SCc3ccccc3F)nc2N1. The summed E-state index contributed by atoms with van der Waals surface area (Å²) in [7, 11) is 0. The van der Waals surface area contributed by atoms with Crippen LogP contribution in [0.15, 0.2) is 124 Å². The van der Waals surface area contributed by atoms with Crippen LogP contribution in [0.5, 0.6) is 5.75 Å². The molecule has 0 saturated heterocycles. The number of hydrogen-bond acceptors (Lipinski definition) is 6. The Bertz CT molecular complexity index is 1790.